The van der Waals surface area contributed by atoms with Gasteiger partial charge in [0.25, 0.3) is 0 Å². The summed E-state index contributed by atoms with van der Waals surface area (Å²) in [5.41, 5.74) is 2.18. The molecule has 15 heavy (non-hydrogen) atoms. The molecule has 2 heteroatoms. The van der Waals surface area contributed by atoms with Crippen LogP contribution in [0.25, 0.3) is 0 Å². The Bertz CT molecular complexity index is 355. The SMILES string of the molecule is CC(=O)c1ccc(C2CCN(C)C2)cc1. The molecule has 1 fully saturated rings. The molecule has 1 saturated heterocycles. The minimum absolute atomic E-state index is 0.144. The first-order valence-corrected chi connectivity index (χ1v) is 5.46. The van der Waals surface area contributed by atoms with Crippen LogP contribution in [0.4, 0.5) is 0 Å². The zero-order valence-corrected chi connectivity index (χ0v) is 9.36. The molecule has 1 unspecified atom stereocenters. The van der Waals surface area contributed by atoms with Crippen molar-refractivity contribution in [3.05, 3.63) is 35.4 Å². The summed E-state index contributed by atoms with van der Waals surface area (Å²) in [6.45, 7) is 3.93. The number of Topliss-reactive ketones (excluding diaryl/α,β-unsaturated/α-hetero) is 1. The second-order valence-corrected chi connectivity index (χ2v) is 4.43. The van der Waals surface area contributed by atoms with Crippen LogP contribution in [-0.2, 0) is 0 Å². The van der Waals surface area contributed by atoms with Crippen molar-refractivity contribution < 1.29 is 4.79 Å². The minimum Gasteiger partial charge on any atom is -0.306 e. The fraction of sp³-hybridized carbons (Fsp3) is 0.462. The Morgan fingerprint density at radius 3 is 2.47 bits per heavy atom. The number of hydrogen-bond donors (Lipinski definition) is 0. The van der Waals surface area contributed by atoms with E-state index in [0.717, 1.165) is 12.1 Å². The molecule has 0 aliphatic carbocycles. The van der Waals surface area contributed by atoms with Crippen LogP contribution in [0.15, 0.2) is 24.3 Å². The summed E-state index contributed by atoms with van der Waals surface area (Å²) in [6.07, 6.45) is 1.23. The molecule has 0 amide bonds. The lowest BCUT2D eigenvalue weighted by Crippen LogP contribution is -2.13. The third-order valence-corrected chi connectivity index (χ3v) is 3.18. The van der Waals surface area contributed by atoms with Crippen LogP contribution in [0.5, 0.6) is 0 Å². The van der Waals surface area contributed by atoms with Crippen molar-refractivity contribution in [3.63, 3.8) is 0 Å². The molecule has 0 radical (unpaired) electrons. The highest BCUT2D eigenvalue weighted by Crippen LogP contribution is 2.26. The van der Waals surface area contributed by atoms with Crippen molar-refractivity contribution in [1.82, 2.24) is 4.90 Å². The first kappa shape index (κ1) is 10.4. The van der Waals surface area contributed by atoms with Crippen molar-refractivity contribution in [2.75, 3.05) is 20.1 Å². The number of carbonyl (C=O) groups excluding carboxylic acids is 1. The molecular formula is C13H17NO. The van der Waals surface area contributed by atoms with Crippen LogP contribution in [-0.4, -0.2) is 30.8 Å². The molecule has 1 aliphatic rings. The number of likely N-dealkylation sites (tertiary alicyclic amines) is 1. The Balaban J connectivity index is 2.13. The van der Waals surface area contributed by atoms with Crippen molar-refractivity contribution in [2.45, 2.75) is 19.3 Å². The molecule has 1 atom stereocenters. The molecule has 1 aliphatic heterocycles. The third-order valence-electron chi connectivity index (χ3n) is 3.18. The van der Waals surface area contributed by atoms with Gasteiger partial charge in [-0.3, -0.25) is 4.79 Å². The van der Waals surface area contributed by atoms with Gasteiger partial charge in [-0.1, -0.05) is 24.3 Å². The molecular weight excluding hydrogens is 186 g/mol. The van der Waals surface area contributed by atoms with Crippen LogP contribution < -0.4 is 0 Å². The van der Waals surface area contributed by atoms with Gasteiger partial charge in [0.05, 0.1) is 0 Å². The average molecular weight is 203 g/mol. The molecule has 0 aromatic heterocycles. The Kier molecular flexibility index (Phi) is 2.87. The monoisotopic (exact) mass is 203 g/mol. The molecule has 0 bridgehead atoms. The third kappa shape index (κ3) is 2.26. The first-order chi connectivity index (χ1) is 7.16. The van der Waals surface area contributed by atoms with Gasteiger partial charge in [-0.25, -0.2) is 0 Å². The highest BCUT2D eigenvalue weighted by atomic mass is 16.1. The summed E-state index contributed by atoms with van der Waals surface area (Å²) in [5, 5.41) is 0. The minimum atomic E-state index is 0.144. The van der Waals surface area contributed by atoms with E-state index in [-0.39, 0.29) is 5.78 Å². The van der Waals surface area contributed by atoms with Crippen LogP contribution in [0.1, 0.15) is 35.2 Å². The quantitative estimate of drug-likeness (QED) is 0.687. The van der Waals surface area contributed by atoms with E-state index in [1.54, 1.807) is 6.92 Å². The zero-order chi connectivity index (χ0) is 10.8. The van der Waals surface area contributed by atoms with Crippen molar-refractivity contribution in [1.29, 1.82) is 0 Å². The number of hydrogen-bond acceptors (Lipinski definition) is 2. The highest BCUT2D eigenvalue weighted by molar-refractivity contribution is 5.94. The summed E-state index contributed by atoms with van der Waals surface area (Å²) < 4.78 is 0. The smallest absolute Gasteiger partial charge is 0.159 e. The van der Waals surface area contributed by atoms with Gasteiger partial charge in [-0.2, -0.15) is 0 Å². The van der Waals surface area contributed by atoms with E-state index >= 15 is 0 Å². The van der Waals surface area contributed by atoms with Gasteiger partial charge in [0.15, 0.2) is 5.78 Å². The average Bonchev–Trinajstić information content (AvgIpc) is 2.65. The molecule has 0 spiro atoms. The fourth-order valence-corrected chi connectivity index (χ4v) is 2.20. The van der Waals surface area contributed by atoms with Crippen molar-refractivity contribution in [3.8, 4) is 0 Å². The summed E-state index contributed by atoms with van der Waals surface area (Å²) in [7, 11) is 2.16. The molecule has 1 aromatic rings. The second kappa shape index (κ2) is 4.15. The van der Waals surface area contributed by atoms with Crippen LogP contribution in [0.3, 0.4) is 0 Å². The largest absolute Gasteiger partial charge is 0.306 e. The van der Waals surface area contributed by atoms with E-state index in [2.05, 4.69) is 24.1 Å². The maximum atomic E-state index is 11.1. The topological polar surface area (TPSA) is 20.3 Å². The van der Waals surface area contributed by atoms with E-state index in [1.165, 1.54) is 18.5 Å². The summed E-state index contributed by atoms with van der Waals surface area (Å²) >= 11 is 0. The van der Waals surface area contributed by atoms with E-state index in [0.29, 0.717) is 5.92 Å². The van der Waals surface area contributed by atoms with E-state index < -0.39 is 0 Å². The lowest BCUT2D eigenvalue weighted by atomic mass is 9.97. The zero-order valence-electron chi connectivity index (χ0n) is 9.36. The maximum absolute atomic E-state index is 11.1. The molecule has 2 nitrogen and oxygen atoms in total. The number of ketones is 1. The van der Waals surface area contributed by atoms with Crippen LogP contribution >= 0.6 is 0 Å². The summed E-state index contributed by atoms with van der Waals surface area (Å²) in [4.78, 5) is 13.5. The van der Waals surface area contributed by atoms with Crippen molar-refractivity contribution >= 4 is 5.78 Å². The molecule has 2 rings (SSSR count). The molecule has 80 valence electrons. The predicted octanol–water partition coefficient (Wildman–Crippen LogP) is 2.31. The van der Waals surface area contributed by atoms with E-state index in [1.807, 2.05) is 12.1 Å². The first-order valence-electron chi connectivity index (χ1n) is 5.46. The highest BCUT2D eigenvalue weighted by Gasteiger charge is 2.20. The van der Waals surface area contributed by atoms with E-state index in [4.69, 9.17) is 0 Å². The Morgan fingerprint density at radius 1 is 1.33 bits per heavy atom. The molecule has 1 heterocycles. The van der Waals surface area contributed by atoms with E-state index in [9.17, 15) is 4.79 Å². The van der Waals surface area contributed by atoms with Gasteiger partial charge in [0, 0.05) is 12.1 Å². The summed E-state index contributed by atoms with van der Waals surface area (Å²) in [6, 6.07) is 8.08. The predicted molar refractivity (Wildman–Crippen MR) is 61.3 cm³/mol. The Morgan fingerprint density at radius 2 is 2.00 bits per heavy atom. The number of carbonyl (C=O) groups is 1. The van der Waals surface area contributed by atoms with Gasteiger partial charge in [0.1, 0.15) is 0 Å². The van der Waals surface area contributed by atoms with Gasteiger partial charge < -0.3 is 4.90 Å². The summed E-state index contributed by atoms with van der Waals surface area (Å²) in [5.74, 6) is 0.793. The standard InChI is InChI=1S/C13H17NO/c1-10(15)11-3-5-12(6-4-11)13-7-8-14(2)9-13/h3-6,13H,7-9H2,1-2H3. The molecule has 1 aromatic carbocycles. The number of rotatable bonds is 2. The Labute approximate surface area is 90.9 Å². The molecule has 0 saturated carbocycles. The van der Waals surface area contributed by atoms with Gasteiger partial charge in [0.2, 0.25) is 0 Å². The van der Waals surface area contributed by atoms with Crippen LogP contribution in [0.2, 0.25) is 0 Å². The van der Waals surface area contributed by atoms with Crippen molar-refractivity contribution in [2.24, 2.45) is 0 Å². The normalized spacial score (nSPS) is 21.9. The lowest BCUT2D eigenvalue weighted by Gasteiger charge is -2.10. The number of nitrogens with zero attached hydrogens (tertiary/aromatic N) is 1. The number of benzene rings is 1. The van der Waals surface area contributed by atoms with Gasteiger partial charge in [-0.05, 0) is 38.4 Å². The van der Waals surface area contributed by atoms with Gasteiger partial charge >= 0.3 is 0 Å². The lowest BCUT2D eigenvalue weighted by molar-refractivity contribution is 0.101. The second-order valence-electron chi connectivity index (χ2n) is 4.43. The fourth-order valence-electron chi connectivity index (χ4n) is 2.20. The van der Waals surface area contributed by atoms with Crippen LogP contribution in [0, 0.1) is 0 Å². The Hall–Kier alpha value is -1.15. The van der Waals surface area contributed by atoms with Gasteiger partial charge in [-0.15, -0.1) is 0 Å². The molecule has 0 N–H and O–H groups in total. The maximum Gasteiger partial charge on any atom is 0.159 e. The number of likely N-dealkylation sites (N-methyl/N-ethyl adjacent to an activating group) is 1.